The van der Waals surface area contributed by atoms with Gasteiger partial charge < -0.3 is 4.42 Å². The number of aromatic nitrogens is 1. The Morgan fingerprint density at radius 1 is 0.389 bits per heavy atom. The molecule has 0 saturated heterocycles. The van der Waals surface area contributed by atoms with Gasteiger partial charge in [0.15, 0.2) is 0 Å². The fraction of sp³-hybridized carbons (Fsp3) is 0.0192. The van der Waals surface area contributed by atoms with Crippen molar-refractivity contribution in [1.82, 2.24) is 4.98 Å². The molecule has 2 heterocycles. The SMILES string of the molecule is c1ccc(-c2ccc(-c3c4ccccc4c(-c4ccc5c(c4)C4(c6ccccc6-c6oc7ccccc7c64)c4cccnc4-5)c4ccccc34)cc2)cc1. The lowest BCUT2D eigenvalue weighted by Crippen LogP contribution is -2.26. The van der Waals surface area contributed by atoms with Crippen molar-refractivity contribution in [3.8, 4) is 56.0 Å². The average Bonchev–Trinajstić information content (AvgIpc) is 3.87. The number of para-hydroxylation sites is 1. The third kappa shape index (κ3) is 3.81. The van der Waals surface area contributed by atoms with Crippen molar-refractivity contribution >= 4 is 32.5 Å². The van der Waals surface area contributed by atoms with Crippen molar-refractivity contribution in [2.45, 2.75) is 5.41 Å². The number of rotatable bonds is 3. The number of hydrogen-bond acceptors (Lipinski definition) is 2. The number of benzene rings is 8. The summed E-state index contributed by atoms with van der Waals surface area (Å²) in [6.45, 7) is 0. The quantitative estimate of drug-likeness (QED) is 0.173. The van der Waals surface area contributed by atoms with E-state index in [1.165, 1.54) is 82.7 Å². The van der Waals surface area contributed by atoms with E-state index >= 15 is 0 Å². The van der Waals surface area contributed by atoms with Crippen molar-refractivity contribution in [1.29, 1.82) is 0 Å². The van der Waals surface area contributed by atoms with Gasteiger partial charge in [0, 0.05) is 28.3 Å². The zero-order valence-corrected chi connectivity index (χ0v) is 29.3. The highest BCUT2D eigenvalue weighted by molar-refractivity contribution is 6.21. The highest BCUT2D eigenvalue weighted by atomic mass is 16.3. The summed E-state index contributed by atoms with van der Waals surface area (Å²) in [4.78, 5) is 5.07. The van der Waals surface area contributed by atoms with E-state index in [4.69, 9.17) is 9.40 Å². The summed E-state index contributed by atoms with van der Waals surface area (Å²) in [5.41, 5.74) is 16.0. The molecule has 2 aliphatic rings. The van der Waals surface area contributed by atoms with Gasteiger partial charge >= 0.3 is 0 Å². The summed E-state index contributed by atoms with van der Waals surface area (Å²) in [6, 6.07) is 66.3. The molecule has 0 saturated carbocycles. The van der Waals surface area contributed by atoms with Crippen LogP contribution in [0.1, 0.15) is 22.3 Å². The molecule has 0 N–H and O–H groups in total. The lowest BCUT2D eigenvalue weighted by molar-refractivity contribution is 0.628. The molecule has 54 heavy (non-hydrogen) atoms. The van der Waals surface area contributed by atoms with Gasteiger partial charge in [-0.3, -0.25) is 4.98 Å². The number of fused-ring (bicyclic) bond motifs is 14. The van der Waals surface area contributed by atoms with Crippen LogP contribution in [0.3, 0.4) is 0 Å². The van der Waals surface area contributed by atoms with Crippen LogP contribution in [0.15, 0.2) is 193 Å². The molecular weight excluding hydrogens is 655 g/mol. The van der Waals surface area contributed by atoms with E-state index in [-0.39, 0.29) is 0 Å². The molecule has 2 aliphatic carbocycles. The van der Waals surface area contributed by atoms with Gasteiger partial charge in [-0.05, 0) is 89.8 Å². The van der Waals surface area contributed by atoms with Crippen LogP contribution in [0.5, 0.6) is 0 Å². The van der Waals surface area contributed by atoms with Crippen LogP contribution in [-0.2, 0) is 5.41 Å². The molecule has 12 rings (SSSR count). The van der Waals surface area contributed by atoms with Crippen molar-refractivity contribution in [3.63, 3.8) is 0 Å². The maximum Gasteiger partial charge on any atom is 0.140 e. The monoisotopic (exact) mass is 685 g/mol. The topological polar surface area (TPSA) is 26.0 Å². The van der Waals surface area contributed by atoms with Crippen molar-refractivity contribution in [3.05, 3.63) is 210 Å². The maximum atomic E-state index is 6.75. The molecule has 250 valence electrons. The van der Waals surface area contributed by atoms with Crippen LogP contribution in [0.25, 0.3) is 88.5 Å². The maximum absolute atomic E-state index is 6.75. The van der Waals surface area contributed by atoms with E-state index in [0.29, 0.717) is 0 Å². The summed E-state index contributed by atoms with van der Waals surface area (Å²) in [6.07, 6.45) is 1.93. The minimum absolute atomic E-state index is 0.570. The van der Waals surface area contributed by atoms with Crippen LogP contribution in [-0.4, -0.2) is 4.98 Å². The van der Waals surface area contributed by atoms with Crippen LogP contribution >= 0.6 is 0 Å². The highest BCUT2D eigenvalue weighted by Gasteiger charge is 2.55. The normalized spacial score (nSPS) is 15.1. The van der Waals surface area contributed by atoms with E-state index in [9.17, 15) is 0 Å². The third-order valence-electron chi connectivity index (χ3n) is 11.9. The molecule has 1 unspecified atom stereocenters. The van der Waals surface area contributed by atoms with Gasteiger partial charge in [-0.2, -0.15) is 0 Å². The number of hydrogen-bond donors (Lipinski definition) is 0. The van der Waals surface area contributed by atoms with E-state index in [0.717, 1.165) is 28.0 Å². The minimum Gasteiger partial charge on any atom is -0.456 e. The molecule has 2 heteroatoms. The van der Waals surface area contributed by atoms with Crippen molar-refractivity contribution < 1.29 is 4.42 Å². The number of furan rings is 1. The van der Waals surface area contributed by atoms with Gasteiger partial charge in [-0.25, -0.2) is 0 Å². The summed E-state index contributed by atoms with van der Waals surface area (Å²) in [7, 11) is 0. The van der Waals surface area contributed by atoms with E-state index < -0.39 is 5.41 Å². The third-order valence-corrected chi connectivity index (χ3v) is 11.9. The second-order valence-corrected chi connectivity index (χ2v) is 14.5. The summed E-state index contributed by atoms with van der Waals surface area (Å²) >= 11 is 0. The van der Waals surface area contributed by atoms with Crippen LogP contribution in [0.4, 0.5) is 0 Å². The van der Waals surface area contributed by atoms with Gasteiger partial charge in [-0.1, -0.05) is 164 Å². The predicted octanol–water partition coefficient (Wildman–Crippen LogP) is 13.5. The Morgan fingerprint density at radius 3 is 1.69 bits per heavy atom. The number of pyridine rings is 1. The van der Waals surface area contributed by atoms with Crippen LogP contribution < -0.4 is 0 Å². The Morgan fingerprint density at radius 2 is 0.944 bits per heavy atom. The minimum atomic E-state index is -0.570. The summed E-state index contributed by atoms with van der Waals surface area (Å²) in [5.74, 6) is 0.957. The van der Waals surface area contributed by atoms with Gasteiger partial charge in [0.05, 0.1) is 11.1 Å². The zero-order valence-electron chi connectivity index (χ0n) is 29.3. The molecule has 1 spiro atoms. The molecule has 2 nitrogen and oxygen atoms in total. The lowest BCUT2D eigenvalue weighted by Gasteiger charge is -2.30. The van der Waals surface area contributed by atoms with Gasteiger partial charge in [0.25, 0.3) is 0 Å². The Kier molecular flexibility index (Phi) is 6.01. The van der Waals surface area contributed by atoms with Crippen LogP contribution in [0.2, 0.25) is 0 Å². The molecule has 1 atom stereocenters. The molecule has 8 aromatic carbocycles. The fourth-order valence-electron chi connectivity index (χ4n) is 9.80. The second-order valence-electron chi connectivity index (χ2n) is 14.5. The molecule has 0 fully saturated rings. The molecule has 0 bridgehead atoms. The van der Waals surface area contributed by atoms with E-state index in [1.807, 2.05) is 6.20 Å². The standard InChI is InChI=1S/C52H31NO/c1-2-13-32(14-3-1)33-24-26-34(27-25-33)47-36-15-4-6-17-38(36)48(39-18-7-5-16-37(39)47)35-28-29-40-45(31-35)52(44-22-12-30-53-50(40)44)43-21-10-8-19-41(43)51-49(52)42-20-9-11-23-46(42)54-51/h1-31H. The van der Waals surface area contributed by atoms with E-state index in [2.05, 4.69) is 182 Å². The highest BCUT2D eigenvalue weighted by Crippen LogP contribution is 2.65. The largest absolute Gasteiger partial charge is 0.456 e. The van der Waals surface area contributed by atoms with Crippen molar-refractivity contribution in [2.75, 3.05) is 0 Å². The summed E-state index contributed by atoms with van der Waals surface area (Å²) in [5, 5.41) is 6.11. The smallest absolute Gasteiger partial charge is 0.140 e. The first-order valence-corrected chi connectivity index (χ1v) is 18.6. The van der Waals surface area contributed by atoms with E-state index in [1.54, 1.807) is 0 Å². The molecule has 0 aliphatic heterocycles. The Labute approximate surface area is 312 Å². The molecule has 0 amide bonds. The lowest BCUT2D eigenvalue weighted by atomic mass is 9.70. The molecular formula is C52H31NO. The van der Waals surface area contributed by atoms with Gasteiger partial charge in [-0.15, -0.1) is 0 Å². The first-order chi connectivity index (χ1) is 26.8. The Balaban J connectivity index is 1.14. The first-order valence-electron chi connectivity index (χ1n) is 18.6. The van der Waals surface area contributed by atoms with Gasteiger partial charge in [0.1, 0.15) is 11.3 Å². The Hall–Kier alpha value is -7.03. The zero-order chi connectivity index (χ0) is 35.4. The summed E-state index contributed by atoms with van der Waals surface area (Å²) < 4.78 is 6.75. The predicted molar refractivity (Wildman–Crippen MR) is 222 cm³/mol. The molecule has 2 aromatic heterocycles. The average molecular weight is 686 g/mol. The van der Waals surface area contributed by atoms with Gasteiger partial charge in [0.2, 0.25) is 0 Å². The second kappa shape index (κ2) is 11.0. The Bertz CT molecular complexity index is 3100. The fourth-order valence-corrected chi connectivity index (χ4v) is 9.80. The van der Waals surface area contributed by atoms with Crippen molar-refractivity contribution in [2.24, 2.45) is 0 Å². The first kappa shape index (κ1) is 29.5. The van der Waals surface area contributed by atoms with Crippen LogP contribution in [0, 0.1) is 0 Å². The molecule has 0 radical (unpaired) electrons. The molecule has 10 aromatic rings. The number of nitrogens with zero attached hydrogens (tertiary/aromatic N) is 1.